The molecule has 2 aromatic rings. The zero-order valence-corrected chi connectivity index (χ0v) is 15.0. The summed E-state index contributed by atoms with van der Waals surface area (Å²) in [7, 11) is -3.57. The Morgan fingerprint density at radius 2 is 1.72 bits per heavy atom. The van der Waals surface area contributed by atoms with E-state index < -0.39 is 22.0 Å². The van der Waals surface area contributed by atoms with Crippen molar-refractivity contribution in [3.05, 3.63) is 71.5 Å². The topological polar surface area (TPSA) is 66.5 Å². The maximum atomic E-state index is 12.9. The quantitative estimate of drug-likeness (QED) is 0.821. The molecule has 0 aromatic heterocycles. The summed E-state index contributed by atoms with van der Waals surface area (Å²) in [6.07, 6.45) is 1.08. The van der Waals surface area contributed by atoms with Gasteiger partial charge in [0.2, 0.25) is 15.9 Å². The summed E-state index contributed by atoms with van der Waals surface area (Å²) < 4.78 is 38.2. The van der Waals surface area contributed by atoms with E-state index in [1.165, 1.54) is 12.1 Å². The van der Waals surface area contributed by atoms with E-state index in [1.54, 1.807) is 19.1 Å². The maximum Gasteiger partial charge on any atom is 0.235 e. The molecule has 0 saturated heterocycles. The molecule has 7 heteroatoms. The molecule has 0 spiro atoms. The summed E-state index contributed by atoms with van der Waals surface area (Å²) in [5.41, 5.74) is 1.54. The lowest BCUT2D eigenvalue weighted by atomic mass is 10.1. The maximum absolute atomic E-state index is 12.9. The molecule has 0 fully saturated rings. The molecule has 0 aliphatic rings. The molecule has 1 atom stereocenters. The van der Waals surface area contributed by atoms with Crippen LogP contribution in [0.1, 0.15) is 24.1 Å². The van der Waals surface area contributed by atoms with Gasteiger partial charge in [0.25, 0.3) is 0 Å². The smallest absolute Gasteiger partial charge is 0.235 e. The first-order valence-corrected chi connectivity index (χ1v) is 9.65. The van der Waals surface area contributed by atoms with Crippen molar-refractivity contribution in [1.29, 1.82) is 0 Å². The average Bonchev–Trinajstić information content (AvgIpc) is 2.58. The Bertz CT molecular complexity index is 808. The van der Waals surface area contributed by atoms with Crippen LogP contribution in [0.3, 0.4) is 0 Å². The van der Waals surface area contributed by atoms with Gasteiger partial charge < -0.3 is 5.32 Å². The van der Waals surface area contributed by atoms with Gasteiger partial charge in [0.05, 0.1) is 12.8 Å². The van der Waals surface area contributed by atoms with E-state index in [4.69, 9.17) is 0 Å². The summed E-state index contributed by atoms with van der Waals surface area (Å²) in [5, 5.41) is 2.66. The van der Waals surface area contributed by atoms with Crippen molar-refractivity contribution >= 4 is 15.9 Å². The molecule has 1 N–H and O–H groups in total. The highest BCUT2D eigenvalue weighted by molar-refractivity contribution is 7.88. The molecule has 5 nitrogen and oxygen atoms in total. The van der Waals surface area contributed by atoms with Crippen molar-refractivity contribution < 1.29 is 17.6 Å². The molecule has 0 aliphatic heterocycles. The van der Waals surface area contributed by atoms with Crippen LogP contribution in [0.5, 0.6) is 0 Å². The largest absolute Gasteiger partial charge is 0.351 e. The van der Waals surface area contributed by atoms with Crippen molar-refractivity contribution in [2.24, 2.45) is 0 Å². The van der Waals surface area contributed by atoms with Crippen LogP contribution in [0.2, 0.25) is 0 Å². The minimum Gasteiger partial charge on any atom is -0.351 e. The highest BCUT2D eigenvalue weighted by Gasteiger charge is 2.26. The molecule has 0 heterocycles. The van der Waals surface area contributed by atoms with Crippen LogP contribution in [0, 0.1) is 5.82 Å². The van der Waals surface area contributed by atoms with Crippen molar-refractivity contribution in [3.8, 4) is 0 Å². The minimum atomic E-state index is -3.57. The summed E-state index contributed by atoms with van der Waals surface area (Å²) in [5.74, 6) is -0.771. The van der Waals surface area contributed by atoms with Crippen molar-refractivity contribution in [1.82, 2.24) is 9.62 Å². The van der Waals surface area contributed by atoms with Crippen molar-refractivity contribution in [2.45, 2.75) is 19.5 Å². The van der Waals surface area contributed by atoms with Crippen LogP contribution in [-0.2, 0) is 21.4 Å². The highest BCUT2D eigenvalue weighted by Crippen LogP contribution is 2.22. The van der Waals surface area contributed by atoms with E-state index in [-0.39, 0.29) is 18.9 Å². The number of rotatable bonds is 7. The first-order valence-electron chi connectivity index (χ1n) is 7.80. The van der Waals surface area contributed by atoms with E-state index in [9.17, 15) is 17.6 Å². The molecule has 0 bridgehead atoms. The van der Waals surface area contributed by atoms with E-state index >= 15 is 0 Å². The highest BCUT2D eigenvalue weighted by atomic mass is 32.2. The summed E-state index contributed by atoms with van der Waals surface area (Å²) in [4.78, 5) is 12.2. The lowest BCUT2D eigenvalue weighted by molar-refractivity contribution is -0.121. The van der Waals surface area contributed by atoms with Gasteiger partial charge in [0.15, 0.2) is 0 Å². The zero-order valence-electron chi connectivity index (χ0n) is 14.1. The molecule has 2 rings (SSSR count). The van der Waals surface area contributed by atoms with Gasteiger partial charge in [-0.05, 0) is 30.2 Å². The molecule has 1 amide bonds. The molecule has 25 heavy (non-hydrogen) atoms. The number of hydrogen-bond acceptors (Lipinski definition) is 3. The number of amides is 1. The van der Waals surface area contributed by atoms with Crippen LogP contribution >= 0.6 is 0 Å². The number of carbonyl (C=O) groups excluding carboxylic acids is 1. The fourth-order valence-electron chi connectivity index (χ4n) is 2.44. The van der Waals surface area contributed by atoms with Gasteiger partial charge in [-0.3, -0.25) is 4.79 Å². The standard InChI is InChI=1S/C18H21FN2O3S/c1-14(16-6-4-3-5-7-16)21(25(2,23)24)13-18(22)20-12-15-8-10-17(19)11-9-15/h3-11,14H,12-13H2,1-2H3,(H,20,22). The first kappa shape index (κ1) is 19.1. The predicted molar refractivity (Wildman–Crippen MR) is 94.7 cm³/mol. The third-order valence-corrected chi connectivity index (χ3v) is 5.14. The molecule has 0 radical (unpaired) electrons. The third kappa shape index (κ3) is 5.65. The molecule has 1 unspecified atom stereocenters. The first-order chi connectivity index (χ1) is 11.8. The number of nitrogens with zero attached hydrogens (tertiary/aromatic N) is 1. The second-order valence-electron chi connectivity index (χ2n) is 5.80. The van der Waals surface area contributed by atoms with Crippen molar-refractivity contribution in [2.75, 3.05) is 12.8 Å². The lowest BCUT2D eigenvalue weighted by Gasteiger charge is -2.26. The van der Waals surface area contributed by atoms with Crippen LogP contribution in [0.4, 0.5) is 4.39 Å². The summed E-state index contributed by atoms with van der Waals surface area (Å²) >= 11 is 0. The fourth-order valence-corrected chi connectivity index (χ4v) is 3.49. The second-order valence-corrected chi connectivity index (χ2v) is 7.73. The fraction of sp³-hybridized carbons (Fsp3) is 0.278. The third-order valence-electron chi connectivity index (χ3n) is 3.84. The molecule has 0 aliphatic carbocycles. The van der Waals surface area contributed by atoms with Gasteiger partial charge in [0, 0.05) is 12.6 Å². The Kier molecular flexibility index (Phi) is 6.27. The number of nitrogens with one attached hydrogen (secondary N) is 1. The van der Waals surface area contributed by atoms with Gasteiger partial charge in [-0.2, -0.15) is 4.31 Å². The summed E-state index contributed by atoms with van der Waals surface area (Å²) in [6.45, 7) is 1.66. The average molecular weight is 364 g/mol. The van der Waals surface area contributed by atoms with E-state index in [0.29, 0.717) is 0 Å². The SMILES string of the molecule is CC(c1ccccc1)N(CC(=O)NCc1ccc(F)cc1)S(C)(=O)=O. The van der Waals surface area contributed by atoms with Crippen LogP contribution in [0.25, 0.3) is 0 Å². The second kappa shape index (κ2) is 8.22. The lowest BCUT2D eigenvalue weighted by Crippen LogP contribution is -2.41. The molecular formula is C18H21FN2O3S. The monoisotopic (exact) mass is 364 g/mol. The van der Waals surface area contributed by atoms with Gasteiger partial charge >= 0.3 is 0 Å². The Labute approximate surface area is 147 Å². The van der Waals surface area contributed by atoms with E-state index in [1.807, 2.05) is 30.3 Å². The number of halogens is 1. The Morgan fingerprint density at radius 3 is 2.28 bits per heavy atom. The van der Waals surface area contributed by atoms with Gasteiger partial charge in [0.1, 0.15) is 5.82 Å². The Morgan fingerprint density at radius 1 is 1.12 bits per heavy atom. The van der Waals surface area contributed by atoms with E-state index in [0.717, 1.165) is 21.7 Å². The predicted octanol–water partition coefficient (Wildman–Crippen LogP) is 2.46. The molecular weight excluding hydrogens is 343 g/mol. The number of hydrogen-bond donors (Lipinski definition) is 1. The normalized spacial score (nSPS) is 12.8. The van der Waals surface area contributed by atoms with E-state index in [2.05, 4.69) is 5.32 Å². The van der Waals surface area contributed by atoms with Crippen LogP contribution in [-0.4, -0.2) is 31.4 Å². The summed E-state index contributed by atoms with van der Waals surface area (Å²) in [6, 6.07) is 14.4. The van der Waals surface area contributed by atoms with Crippen LogP contribution < -0.4 is 5.32 Å². The molecule has 2 aromatic carbocycles. The number of benzene rings is 2. The van der Waals surface area contributed by atoms with Gasteiger partial charge in [-0.15, -0.1) is 0 Å². The van der Waals surface area contributed by atoms with Crippen molar-refractivity contribution in [3.63, 3.8) is 0 Å². The van der Waals surface area contributed by atoms with Crippen LogP contribution in [0.15, 0.2) is 54.6 Å². The number of carbonyl (C=O) groups is 1. The number of sulfonamides is 1. The van der Waals surface area contributed by atoms with Gasteiger partial charge in [-0.1, -0.05) is 42.5 Å². The minimum absolute atomic E-state index is 0.205. The Hall–Kier alpha value is -2.25. The van der Waals surface area contributed by atoms with Gasteiger partial charge in [-0.25, -0.2) is 12.8 Å². The molecule has 0 saturated carbocycles. The Balaban J connectivity index is 2.04. The molecule has 134 valence electrons. The zero-order chi connectivity index (χ0) is 18.4.